The van der Waals surface area contributed by atoms with Crippen LogP contribution in [0.25, 0.3) is 0 Å². The first-order valence-electron chi connectivity index (χ1n) is 5.53. The summed E-state index contributed by atoms with van der Waals surface area (Å²) in [6.07, 6.45) is 3.68. The fraction of sp³-hybridized carbons (Fsp3) is 0.800. The molecule has 1 saturated carbocycles. The standard InChI is InChI=1S/C10H19N3O2/c1-2-11-9(14)6-7-12-10(15)13-8-4-3-5-8/h8H,2-7H2,1H3,(H,11,14)(H2,12,13,15). The molecule has 3 N–H and O–H groups in total. The summed E-state index contributed by atoms with van der Waals surface area (Å²) in [4.78, 5) is 22.3. The number of nitrogens with one attached hydrogen (secondary N) is 3. The van der Waals surface area contributed by atoms with Crippen LogP contribution in [0.2, 0.25) is 0 Å². The van der Waals surface area contributed by atoms with Crippen LogP contribution in [0.1, 0.15) is 32.6 Å². The molecular formula is C10H19N3O2. The Morgan fingerprint density at radius 2 is 2.00 bits per heavy atom. The highest BCUT2D eigenvalue weighted by Crippen LogP contribution is 2.17. The molecule has 1 aliphatic carbocycles. The molecule has 0 atom stereocenters. The van der Waals surface area contributed by atoms with Gasteiger partial charge in [0.25, 0.3) is 0 Å². The quantitative estimate of drug-likeness (QED) is 0.617. The molecule has 1 fully saturated rings. The van der Waals surface area contributed by atoms with Crippen molar-refractivity contribution in [2.75, 3.05) is 13.1 Å². The topological polar surface area (TPSA) is 70.2 Å². The summed E-state index contributed by atoms with van der Waals surface area (Å²) in [5.74, 6) is -0.0264. The van der Waals surface area contributed by atoms with Gasteiger partial charge in [0.1, 0.15) is 0 Å². The molecule has 1 rings (SSSR count). The Morgan fingerprint density at radius 1 is 1.27 bits per heavy atom. The van der Waals surface area contributed by atoms with Gasteiger partial charge in [-0.2, -0.15) is 0 Å². The van der Waals surface area contributed by atoms with Gasteiger partial charge in [-0.1, -0.05) is 0 Å². The maximum absolute atomic E-state index is 11.2. The highest BCUT2D eigenvalue weighted by molar-refractivity contribution is 5.78. The molecule has 0 aliphatic heterocycles. The maximum atomic E-state index is 11.2. The lowest BCUT2D eigenvalue weighted by molar-refractivity contribution is -0.120. The average Bonchev–Trinajstić information content (AvgIpc) is 2.12. The number of hydrogen-bond acceptors (Lipinski definition) is 2. The third kappa shape index (κ3) is 4.67. The molecular weight excluding hydrogens is 194 g/mol. The molecule has 0 spiro atoms. The first kappa shape index (κ1) is 11.8. The highest BCUT2D eigenvalue weighted by Gasteiger charge is 2.18. The van der Waals surface area contributed by atoms with E-state index in [4.69, 9.17) is 0 Å². The van der Waals surface area contributed by atoms with E-state index < -0.39 is 0 Å². The molecule has 0 aromatic rings. The minimum atomic E-state index is -0.163. The second-order valence-electron chi connectivity index (χ2n) is 3.73. The Labute approximate surface area is 90.0 Å². The van der Waals surface area contributed by atoms with Crippen LogP contribution in [-0.2, 0) is 4.79 Å². The van der Waals surface area contributed by atoms with Crippen molar-refractivity contribution in [1.29, 1.82) is 0 Å². The zero-order valence-electron chi connectivity index (χ0n) is 9.14. The van der Waals surface area contributed by atoms with Gasteiger partial charge in [-0.25, -0.2) is 4.79 Å². The van der Waals surface area contributed by atoms with E-state index in [2.05, 4.69) is 16.0 Å². The zero-order valence-corrected chi connectivity index (χ0v) is 9.14. The third-order valence-corrected chi connectivity index (χ3v) is 2.45. The van der Waals surface area contributed by atoms with Gasteiger partial charge in [0.05, 0.1) is 0 Å². The van der Waals surface area contributed by atoms with Crippen molar-refractivity contribution in [2.45, 2.75) is 38.6 Å². The second-order valence-corrected chi connectivity index (χ2v) is 3.73. The van der Waals surface area contributed by atoms with E-state index in [1.807, 2.05) is 6.92 Å². The largest absolute Gasteiger partial charge is 0.356 e. The van der Waals surface area contributed by atoms with E-state index in [1.54, 1.807) is 0 Å². The Bertz CT molecular complexity index is 227. The van der Waals surface area contributed by atoms with Crippen LogP contribution in [-0.4, -0.2) is 31.1 Å². The van der Waals surface area contributed by atoms with Gasteiger partial charge in [-0.15, -0.1) is 0 Å². The fourth-order valence-corrected chi connectivity index (χ4v) is 1.36. The molecule has 0 bridgehead atoms. The number of amides is 3. The van der Waals surface area contributed by atoms with Gasteiger partial charge in [0.2, 0.25) is 5.91 Å². The van der Waals surface area contributed by atoms with Crippen molar-refractivity contribution in [1.82, 2.24) is 16.0 Å². The van der Waals surface area contributed by atoms with Gasteiger partial charge >= 0.3 is 6.03 Å². The Kier molecular flexibility index (Phi) is 4.93. The normalized spacial score (nSPS) is 15.3. The minimum Gasteiger partial charge on any atom is -0.356 e. The summed E-state index contributed by atoms with van der Waals surface area (Å²) >= 11 is 0. The van der Waals surface area contributed by atoms with E-state index in [9.17, 15) is 9.59 Å². The van der Waals surface area contributed by atoms with Crippen molar-refractivity contribution in [2.24, 2.45) is 0 Å². The molecule has 0 unspecified atom stereocenters. The molecule has 5 heteroatoms. The van der Waals surface area contributed by atoms with Crippen molar-refractivity contribution in [3.63, 3.8) is 0 Å². The fourth-order valence-electron chi connectivity index (χ4n) is 1.36. The third-order valence-electron chi connectivity index (χ3n) is 2.45. The summed E-state index contributed by atoms with van der Waals surface area (Å²) in [6, 6.07) is 0.179. The van der Waals surface area contributed by atoms with Crippen LogP contribution in [0.15, 0.2) is 0 Å². The molecule has 0 aromatic carbocycles. The van der Waals surface area contributed by atoms with Crippen molar-refractivity contribution in [3.05, 3.63) is 0 Å². The van der Waals surface area contributed by atoms with Crippen LogP contribution in [0.4, 0.5) is 4.79 Å². The molecule has 0 saturated heterocycles. The average molecular weight is 213 g/mol. The van der Waals surface area contributed by atoms with Gasteiger partial charge in [-0.05, 0) is 26.2 Å². The van der Waals surface area contributed by atoms with Crippen LogP contribution in [0, 0.1) is 0 Å². The smallest absolute Gasteiger partial charge is 0.315 e. The van der Waals surface area contributed by atoms with Gasteiger partial charge < -0.3 is 16.0 Å². The zero-order chi connectivity index (χ0) is 11.1. The van der Waals surface area contributed by atoms with Gasteiger partial charge in [0, 0.05) is 25.6 Å². The molecule has 0 radical (unpaired) electrons. The number of carbonyl (C=O) groups excluding carboxylic acids is 2. The second kappa shape index (κ2) is 6.27. The summed E-state index contributed by atoms with van der Waals surface area (Å²) in [5.41, 5.74) is 0. The number of rotatable bonds is 5. The van der Waals surface area contributed by atoms with Gasteiger partial charge in [-0.3, -0.25) is 4.79 Å². The van der Waals surface area contributed by atoms with Crippen LogP contribution in [0.5, 0.6) is 0 Å². The number of urea groups is 1. The Hall–Kier alpha value is -1.26. The van der Waals surface area contributed by atoms with E-state index >= 15 is 0 Å². The monoisotopic (exact) mass is 213 g/mol. The molecule has 3 amide bonds. The maximum Gasteiger partial charge on any atom is 0.315 e. The van der Waals surface area contributed by atoms with E-state index in [0.717, 1.165) is 12.8 Å². The molecule has 5 nitrogen and oxygen atoms in total. The van der Waals surface area contributed by atoms with Crippen molar-refractivity contribution >= 4 is 11.9 Å². The summed E-state index contributed by atoms with van der Waals surface area (Å²) < 4.78 is 0. The minimum absolute atomic E-state index is 0.0264. The lowest BCUT2D eigenvalue weighted by atomic mass is 9.93. The van der Waals surface area contributed by atoms with E-state index in [-0.39, 0.29) is 11.9 Å². The lowest BCUT2D eigenvalue weighted by Gasteiger charge is -2.26. The Balaban J connectivity index is 1.98. The molecule has 0 heterocycles. The number of carbonyl (C=O) groups is 2. The molecule has 0 aromatic heterocycles. The first-order chi connectivity index (χ1) is 7.22. The molecule has 1 aliphatic rings. The SMILES string of the molecule is CCNC(=O)CCNC(=O)NC1CCC1. The highest BCUT2D eigenvalue weighted by atomic mass is 16.2. The van der Waals surface area contributed by atoms with Crippen LogP contribution in [0.3, 0.4) is 0 Å². The predicted molar refractivity (Wildman–Crippen MR) is 57.5 cm³/mol. The van der Waals surface area contributed by atoms with Crippen LogP contribution < -0.4 is 16.0 Å². The summed E-state index contributed by atoms with van der Waals surface area (Å²) in [7, 11) is 0. The van der Waals surface area contributed by atoms with Gasteiger partial charge in [0.15, 0.2) is 0 Å². The van der Waals surface area contributed by atoms with E-state index in [1.165, 1.54) is 6.42 Å². The summed E-state index contributed by atoms with van der Waals surface area (Å²) in [6.45, 7) is 2.89. The van der Waals surface area contributed by atoms with Crippen LogP contribution >= 0.6 is 0 Å². The molecule has 15 heavy (non-hydrogen) atoms. The number of hydrogen-bond donors (Lipinski definition) is 3. The first-order valence-corrected chi connectivity index (χ1v) is 5.53. The Morgan fingerprint density at radius 3 is 2.53 bits per heavy atom. The van der Waals surface area contributed by atoms with Crippen molar-refractivity contribution in [3.8, 4) is 0 Å². The lowest BCUT2D eigenvalue weighted by Crippen LogP contribution is -2.45. The predicted octanol–water partition coefficient (Wildman–Crippen LogP) is 0.364. The molecule has 86 valence electrons. The van der Waals surface area contributed by atoms with E-state index in [0.29, 0.717) is 25.6 Å². The van der Waals surface area contributed by atoms with Crippen molar-refractivity contribution < 1.29 is 9.59 Å². The summed E-state index contributed by atoms with van der Waals surface area (Å²) in [5, 5.41) is 8.17.